The van der Waals surface area contributed by atoms with E-state index in [-0.39, 0.29) is 11.9 Å². The zero-order chi connectivity index (χ0) is 16.2. The third-order valence-electron chi connectivity index (χ3n) is 3.30. The maximum Gasteiger partial charge on any atom is 0.274 e. The summed E-state index contributed by atoms with van der Waals surface area (Å²) in [5.41, 5.74) is 1.81. The van der Waals surface area contributed by atoms with Crippen LogP contribution in [0.25, 0.3) is 10.9 Å². The second-order valence-corrected chi connectivity index (χ2v) is 5.54. The lowest BCUT2D eigenvalue weighted by Crippen LogP contribution is -2.16. The summed E-state index contributed by atoms with van der Waals surface area (Å²) in [5.74, 6) is 0.430. The molecule has 0 aliphatic heterocycles. The number of rotatable bonds is 4. The molecule has 2 heterocycles. The Hall–Kier alpha value is -2.95. The maximum atomic E-state index is 12.5. The van der Waals surface area contributed by atoms with Crippen LogP contribution in [0, 0.1) is 0 Å². The van der Waals surface area contributed by atoms with E-state index in [4.69, 9.17) is 0 Å². The van der Waals surface area contributed by atoms with Gasteiger partial charge in [0.15, 0.2) is 0 Å². The maximum absolute atomic E-state index is 12.5. The largest absolute Gasteiger partial charge is 0.368 e. The van der Waals surface area contributed by atoms with Gasteiger partial charge in [-0.15, -0.1) is 0 Å². The fourth-order valence-corrected chi connectivity index (χ4v) is 2.33. The predicted molar refractivity (Wildman–Crippen MR) is 92.7 cm³/mol. The average Bonchev–Trinajstić information content (AvgIpc) is 2.55. The molecule has 0 bridgehead atoms. The highest BCUT2D eigenvalue weighted by Crippen LogP contribution is 2.21. The average molecular weight is 306 g/mol. The molecule has 0 unspecified atom stereocenters. The van der Waals surface area contributed by atoms with Gasteiger partial charge < -0.3 is 10.6 Å². The number of pyridine rings is 2. The number of hydrogen-bond acceptors (Lipinski definition) is 4. The van der Waals surface area contributed by atoms with E-state index in [1.54, 1.807) is 12.3 Å². The Bertz CT molecular complexity index is 840. The van der Waals surface area contributed by atoms with Crippen LogP contribution >= 0.6 is 0 Å². The van der Waals surface area contributed by atoms with Gasteiger partial charge in [-0.1, -0.05) is 24.3 Å². The normalized spacial score (nSPS) is 10.7. The number of nitrogens with one attached hydrogen (secondary N) is 2. The molecule has 5 nitrogen and oxygen atoms in total. The number of benzene rings is 1. The second-order valence-electron chi connectivity index (χ2n) is 5.54. The SMILES string of the molecule is CC(C)Nc1cccc(C(=O)Nc2cccc3cccnc23)n1. The molecule has 0 saturated carbocycles. The summed E-state index contributed by atoms with van der Waals surface area (Å²) < 4.78 is 0. The van der Waals surface area contributed by atoms with Crippen molar-refractivity contribution < 1.29 is 4.79 Å². The highest BCUT2D eigenvalue weighted by Gasteiger charge is 2.11. The third kappa shape index (κ3) is 3.45. The molecule has 23 heavy (non-hydrogen) atoms. The van der Waals surface area contributed by atoms with E-state index >= 15 is 0 Å². The number of nitrogens with zero attached hydrogens (tertiary/aromatic N) is 2. The van der Waals surface area contributed by atoms with Gasteiger partial charge in [0, 0.05) is 17.6 Å². The van der Waals surface area contributed by atoms with Crippen molar-refractivity contribution in [3.05, 3.63) is 60.4 Å². The fraction of sp³-hybridized carbons (Fsp3) is 0.167. The highest BCUT2D eigenvalue weighted by molar-refractivity contribution is 6.07. The van der Waals surface area contributed by atoms with Crippen molar-refractivity contribution in [1.29, 1.82) is 0 Å². The Morgan fingerprint density at radius 2 is 1.83 bits per heavy atom. The van der Waals surface area contributed by atoms with E-state index in [1.165, 1.54) is 0 Å². The molecule has 0 spiro atoms. The first-order valence-corrected chi connectivity index (χ1v) is 7.52. The molecule has 0 aliphatic rings. The number of anilines is 2. The molecule has 2 N–H and O–H groups in total. The van der Waals surface area contributed by atoms with Crippen molar-refractivity contribution in [3.8, 4) is 0 Å². The van der Waals surface area contributed by atoms with Crippen LogP contribution in [0.5, 0.6) is 0 Å². The van der Waals surface area contributed by atoms with Crippen LogP contribution < -0.4 is 10.6 Å². The molecule has 0 aliphatic carbocycles. The molecule has 2 aromatic heterocycles. The molecule has 1 amide bonds. The summed E-state index contributed by atoms with van der Waals surface area (Å²) in [4.78, 5) is 21.1. The Labute approximate surface area is 134 Å². The molecule has 0 radical (unpaired) electrons. The first-order valence-electron chi connectivity index (χ1n) is 7.52. The van der Waals surface area contributed by atoms with E-state index in [0.29, 0.717) is 17.2 Å². The Morgan fingerprint density at radius 1 is 1.04 bits per heavy atom. The van der Waals surface area contributed by atoms with Gasteiger partial charge in [-0.3, -0.25) is 9.78 Å². The van der Waals surface area contributed by atoms with E-state index in [9.17, 15) is 4.79 Å². The Morgan fingerprint density at radius 3 is 2.65 bits per heavy atom. The Kier molecular flexibility index (Phi) is 4.19. The van der Waals surface area contributed by atoms with Crippen LogP contribution in [0.4, 0.5) is 11.5 Å². The number of fused-ring (bicyclic) bond motifs is 1. The molecule has 0 atom stereocenters. The summed E-state index contributed by atoms with van der Waals surface area (Å²) in [7, 11) is 0. The number of hydrogen-bond donors (Lipinski definition) is 2. The fourth-order valence-electron chi connectivity index (χ4n) is 2.33. The summed E-state index contributed by atoms with van der Waals surface area (Å²) in [6, 6.07) is 15.1. The van der Waals surface area contributed by atoms with Crippen molar-refractivity contribution in [2.45, 2.75) is 19.9 Å². The molecule has 5 heteroatoms. The number of amides is 1. The smallest absolute Gasteiger partial charge is 0.274 e. The van der Waals surface area contributed by atoms with Crippen LogP contribution in [0.2, 0.25) is 0 Å². The topological polar surface area (TPSA) is 66.9 Å². The quantitative estimate of drug-likeness (QED) is 0.771. The van der Waals surface area contributed by atoms with Crippen molar-refractivity contribution in [1.82, 2.24) is 9.97 Å². The van der Waals surface area contributed by atoms with Gasteiger partial charge in [0.05, 0.1) is 11.2 Å². The van der Waals surface area contributed by atoms with Crippen molar-refractivity contribution in [3.63, 3.8) is 0 Å². The van der Waals surface area contributed by atoms with Gasteiger partial charge in [-0.25, -0.2) is 4.98 Å². The van der Waals surface area contributed by atoms with Crippen molar-refractivity contribution >= 4 is 28.3 Å². The third-order valence-corrected chi connectivity index (χ3v) is 3.30. The van der Waals surface area contributed by atoms with Crippen LogP contribution in [0.1, 0.15) is 24.3 Å². The monoisotopic (exact) mass is 306 g/mol. The molecule has 1 aromatic carbocycles. The van der Waals surface area contributed by atoms with Crippen LogP contribution in [-0.4, -0.2) is 21.9 Å². The summed E-state index contributed by atoms with van der Waals surface area (Å²) in [6.45, 7) is 4.05. The minimum absolute atomic E-state index is 0.253. The molecule has 0 saturated heterocycles. The van der Waals surface area contributed by atoms with Crippen LogP contribution in [0.15, 0.2) is 54.7 Å². The first-order chi connectivity index (χ1) is 11.1. The lowest BCUT2D eigenvalue weighted by Gasteiger charge is -2.11. The molecular formula is C18H18N4O. The summed E-state index contributed by atoms with van der Waals surface area (Å²) >= 11 is 0. The number of para-hydroxylation sites is 1. The Balaban J connectivity index is 1.86. The number of carbonyl (C=O) groups excluding carboxylic acids is 1. The number of aromatic nitrogens is 2. The van der Waals surface area contributed by atoms with Crippen LogP contribution in [0.3, 0.4) is 0 Å². The van der Waals surface area contributed by atoms with Crippen molar-refractivity contribution in [2.24, 2.45) is 0 Å². The molecule has 0 fully saturated rings. The lowest BCUT2D eigenvalue weighted by atomic mass is 10.2. The molecule has 116 valence electrons. The minimum Gasteiger partial charge on any atom is -0.368 e. The van der Waals surface area contributed by atoms with Gasteiger partial charge in [0.1, 0.15) is 11.5 Å². The van der Waals surface area contributed by atoms with Gasteiger partial charge in [-0.05, 0) is 38.1 Å². The highest BCUT2D eigenvalue weighted by atomic mass is 16.1. The summed E-state index contributed by atoms with van der Waals surface area (Å²) in [6.07, 6.45) is 1.71. The van der Waals surface area contributed by atoms with Gasteiger partial charge in [0.25, 0.3) is 5.91 Å². The lowest BCUT2D eigenvalue weighted by molar-refractivity contribution is 0.102. The first kappa shape index (κ1) is 15.0. The zero-order valence-electron chi connectivity index (χ0n) is 13.1. The molecule has 3 aromatic rings. The van der Waals surface area contributed by atoms with E-state index in [2.05, 4.69) is 20.6 Å². The van der Waals surface area contributed by atoms with E-state index in [0.717, 1.165) is 10.9 Å². The van der Waals surface area contributed by atoms with Gasteiger partial charge in [-0.2, -0.15) is 0 Å². The molecule has 3 rings (SSSR count). The predicted octanol–water partition coefficient (Wildman–Crippen LogP) is 3.70. The van der Waals surface area contributed by atoms with Gasteiger partial charge in [0.2, 0.25) is 0 Å². The number of carbonyl (C=O) groups is 1. The van der Waals surface area contributed by atoms with Crippen molar-refractivity contribution in [2.75, 3.05) is 10.6 Å². The second kappa shape index (κ2) is 6.44. The molecular weight excluding hydrogens is 288 g/mol. The minimum atomic E-state index is -0.254. The summed E-state index contributed by atoms with van der Waals surface area (Å²) in [5, 5.41) is 7.06. The van der Waals surface area contributed by atoms with E-state index in [1.807, 2.05) is 56.3 Å². The van der Waals surface area contributed by atoms with Gasteiger partial charge >= 0.3 is 0 Å². The van der Waals surface area contributed by atoms with Crippen LogP contribution in [-0.2, 0) is 0 Å². The zero-order valence-corrected chi connectivity index (χ0v) is 13.1. The standard InChI is InChI=1S/C18H18N4O/c1-12(2)20-16-10-4-9-15(21-16)18(23)22-14-8-3-6-13-7-5-11-19-17(13)14/h3-12H,1-2H3,(H,20,21)(H,22,23). The van der Waals surface area contributed by atoms with E-state index < -0.39 is 0 Å².